The predicted molar refractivity (Wildman–Crippen MR) is 130 cm³/mol. The molecule has 0 saturated heterocycles. The molecule has 0 unspecified atom stereocenters. The summed E-state index contributed by atoms with van der Waals surface area (Å²) < 4.78 is 12.9. The Kier molecular flexibility index (Phi) is 4.85. The molecule has 1 fully saturated rings. The van der Waals surface area contributed by atoms with Gasteiger partial charge in [0.2, 0.25) is 0 Å². The molecule has 0 N–H and O–H groups in total. The summed E-state index contributed by atoms with van der Waals surface area (Å²) in [6.45, 7) is 7.86. The molecule has 4 aromatic rings. The van der Waals surface area contributed by atoms with Gasteiger partial charge in [-0.1, -0.05) is 18.2 Å². The van der Waals surface area contributed by atoms with E-state index in [0.717, 1.165) is 53.5 Å². The quantitative estimate of drug-likeness (QED) is 0.406. The number of nitrogens with zero attached hydrogens (tertiary/aromatic N) is 3. The molecule has 0 atom stereocenters. The second-order valence-corrected chi connectivity index (χ2v) is 9.38. The van der Waals surface area contributed by atoms with E-state index in [-0.39, 0.29) is 17.6 Å². The summed E-state index contributed by atoms with van der Waals surface area (Å²) in [5.74, 6) is 0.322. The molecule has 0 amide bonds. The van der Waals surface area contributed by atoms with Gasteiger partial charge in [-0.05, 0) is 66.6 Å². The molecule has 1 saturated carbocycles. The Morgan fingerprint density at radius 3 is 2.71 bits per heavy atom. The van der Waals surface area contributed by atoms with E-state index in [0.29, 0.717) is 30.1 Å². The van der Waals surface area contributed by atoms with Gasteiger partial charge in [-0.25, -0.2) is 4.98 Å². The van der Waals surface area contributed by atoms with E-state index in [1.165, 1.54) is 11.1 Å². The number of hydrogen-bond acceptors (Lipinski definition) is 6. The molecular weight excluding hydrogens is 430 g/mol. The van der Waals surface area contributed by atoms with E-state index >= 15 is 0 Å². The highest BCUT2D eigenvalue weighted by Crippen LogP contribution is 2.40. The molecule has 1 aliphatic heterocycles. The number of carbonyl (C=O) groups is 1. The summed E-state index contributed by atoms with van der Waals surface area (Å²) in [4.78, 5) is 31.8. The van der Waals surface area contributed by atoms with Crippen molar-refractivity contribution in [2.75, 3.05) is 13.2 Å². The average molecular weight is 458 g/mol. The fourth-order valence-corrected chi connectivity index (χ4v) is 5.29. The van der Waals surface area contributed by atoms with Crippen LogP contribution in [0.3, 0.4) is 0 Å². The molecule has 0 bridgehead atoms. The smallest absolute Gasteiger partial charge is 0.320 e. The van der Waals surface area contributed by atoms with Gasteiger partial charge >= 0.3 is 5.97 Å². The van der Waals surface area contributed by atoms with Crippen molar-refractivity contribution < 1.29 is 13.9 Å². The summed E-state index contributed by atoms with van der Waals surface area (Å²) >= 11 is 0. The molecule has 6 rings (SSSR count). The van der Waals surface area contributed by atoms with Crippen molar-refractivity contribution in [2.24, 2.45) is 0 Å². The van der Waals surface area contributed by atoms with E-state index in [1.807, 2.05) is 11.5 Å². The first-order chi connectivity index (χ1) is 16.4. The second-order valence-electron chi connectivity index (χ2n) is 9.38. The Labute approximate surface area is 196 Å². The minimum atomic E-state index is -0.187. The van der Waals surface area contributed by atoms with Gasteiger partial charge in [-0.3, -0.25) is 14.5 Å². The molecule has 1 aliphatic carbocycles. The molecule has 174 valence electrons. The first kappa shape index (κ1) is 21.1. The molecule has 0 radical (unpaired) electrons. The van der Waals surface area contributed by atoms with Crippen molar-refractivity contribution >= 4 is 28.0 Å². The van der Waals surface area contributed by atoms with Crippen LogP contribution in [-0.4, -0.2) is 33.6 Å². The zero-order valence-electron chi connectivity index (χ0n) is 19.7. The highest BCUT2D eigenvalue weighted by Gasteiger charge is 2.30. The van der Waals surface area contributed by atoms with Crippen LogP contribution in [-0.2, 0) is 22.6 Å². The van der Waals surface area contributed by atoms with E-state index in [2.05, 4.69) is 47.1 Å². The Bertz CT molecular complexity index is 1530. The number of benzene rings is 2. The van der Waals surface area contributed by atoms with Crippen LogP contribution in [0.2, 0.25) is 0 Å². The van der Waals surface area contributed by atoms with Gasteiger partial charge in [0.1, 0.15) is 0 Å². The van der Waals surface area contributed by atoms with Crippen LogP contribution in [0.5, 0.6) is 0 Å². The number of oxazole rings is 1. The van der Waals surface area contributed by atoms with E-state index < -0.39 is 0 Å². The van der Waals surface area contributed by atoms with E-state index in [1.54, 1.807) is 6.92 Å². The molecule has 2 aromatic carbocycles. The number of hydrogen-bond donors (Lipinski definition) is 0. The SMILES string of the molecule is CCOC(=O)CN1Cc2ccc(-c3ccc4c5oc(C)nc5c(=O)n(C5CC5)c4c3C)cc2C1. The minimum absolute atomic E-state index is 0.0642. The number of ether oxygens (including phenoxy) is 1. The van der Waals surface area contributed by atoms with Crippen LogP contribution in [0.25, 0.3) is 33.1 Å². The third-order valence-corrected chi connectivity index (χ3v) is 6.95. The third kappa shape index (κ3) is 3.34. The van der Waals surface area contributed by atoms with Crippen LogP contribution in [0.1, 0.15) is 48.4 Å². The Hall–Kier alpha value is -3.45. The largest absolute Gasteiger partial charge is 0.465 e. The molecule has 34 heavy (non-hydrogen) atoms. The summed E-state index contributed by atoms with van der Waals surface area (Å²) in [5, 5.41) is 0.935. The van der Waals surface area contributed by atoms with Crippen molar-refractivity contribution in [3.8, 4) is 11.1 Å². The maximum Gasteiger partial charge on any atom is 0.320 e. The normalized spacial score (nSPS) is 15.9. The van der Waals surface area contributed by atoms with E-state index in [9.17, 15) is 9.59 Å². The highest BCUT2D eigenvalue weighted by atomic mass is 16.5. The number of aromatic nitrogens is 2. The first-order valence-electron chi connectivity index (χ1n) is 11.9. The monoisotopic (exact) mass is 457 g/mol. The van der Waals surface area contributed by atoms with E-state index in [4.69, 9.17) is 9.15 Å². The standard InChI is InChI=1S/C27H27N3O4/c1-4-33-23(31)14-29-12-18-6-5-17(11-19(18)13-29)21-9-10-22-25(15(21)2)30(20-7-8-20)27(32)24-26(22)34-16(3)28-24/h5-6,9-11,20H,4,7-8,12-14H2,1-3H3. The average Bonchev–Trinajstić information content (AvgIpc) is 3.43. The van der Waals surface area contributed by atoms with Crippen LogP contribution in [0.4, 0.5) is 0 Å². The Balaban J connectivity index is 1.44. The van der Waals surface area contributed by atoms with Crippen LogP contribution < -0.4 is 5.56 Å². The molecule has 3 heterocycles. The molecular formula is C27H27N3O4. The lowest BCUT2D eigenvalue weighted by atomic mass is 9.95. The summed E-state index contributed by atoms with van der Waals surface area (Å²) in [5.41, 5.74) is 7.61. The lowest BCUT2D eigenvalue weighted by Gasteiger charge is -2.16. The zero-order chi connectivity index (χ0) is 23.6. The van der Waals surface area contributed by atoms with Crippen LogP contribution in [0.15, 0.2) is 39.5 Å². The number of carbonyl (C=O) groups excluding carboxylic acids is 1. The fourth-order valence-electron chi connectivity index (χ4n) is 5.29. The van der Waals surface area contributed by atoms with Crippen LogP contribution >= 0.6 is 0 Å². The Morgan fingerprint density at radius 1 is 1.15 bits per heavy atom. The summed E-state index contributed by atoms with van der Waals surface area (Å²) in [6, 6.07) is 10.9. The van der Waals surface area contributed by atoms with Crippen LogP contribution in [0, 0.1) is 13.8 Å². The summed E-state index contributed by atoms with van der Waals surface area (Å²) in [6.07, 6.45) is 2.02. The summed E-state index contributed by atoms with van der Waals surface area (Å²) in [7, 11) is 0. The fraction of sp³-hybridized carbons (Fsp3) is 0.370. The first-order valence-corrected chi connectivity index (χ1v) is 11.9. The van der Waals surface area contributed by atoms with Gasteiger partial charge in [-0.15, -0.1) is 0 Å². The number of aryl methyl sites for hydroxylation is 2. The van der Waals surface area contributed by atoms with Crippen molar-refractivity contribution in [3.05, 3.63) is 63.3 Å². The molecule has 7 nitrogen and oxygen atoms in total. The topological polar surface area (TPSA) is 77.6 Å². The van der Waals surface area contributed by atoms with Gasteiger partial charge in [0.15, 0.2) is 17.0 Å². The molecule has 7 heteroatoms. The third-order valence-electron chi connectivity index (χ3n) is 6.95. The van der Waals surface area contributed by atoms with Gasteiger partial charge in [0.05, 0.1) is 18.7 Å². The lowest BCUT2D eigenvalue weighted by molar-refractivity contribution is -0.144. The Morgan fingerprint density at radius 2 is 1.94 bits per heavy atom. The zero-order valence-corrected chi connectivity index (χ0v) is 19.7. The van der Waals surface area contributed by atoms with Crippen molar-refractivity contribution in [3.63, 3.8) is 0 Å². The molecule has 2 aromatic heterocycles. The maximum absolute atomic E-state index is 13.4. The van der Waals surface area contributed by atoms with Gasteiger partial charge in [0, 0.05) is 31.4 Å². The van der Waals surface area contributed by atoms with Gasteiger partial charge in [0.25, 0.3) is 5.56 Å². The lowest BCUT2D eigenvalue weighted by Crippen LogP contribution is -2.26. The highest BCUT2D eigenvalue weighted by molar-refractivity contribution is 6.04. The number of esters is 1. The van der Waals surface area contributed by atoms with Gasteiger partial charge < -0.3 is 13.7 Å². The molecule has 0 spiro atoms. The van der Waals surface area contributed by atoms with Gasteiger partial charge in [-0.2, -0.15) is 0 Å². The second kappa shape index (κ2) is 7.81. The predicted octanol–water partition coefficient (Wildman–Crippen LogP) is 4.64. The number of pyridine rings is 1. The van der Waals surface area contributed by atoms with Crippen molar-refractivity contribution in [2.45, 2.75) is 52.7 Å². The number of rotatable bonds is 5. The van der Waals surface area contributed by atoms with Crippen molar-refractivity contribution in [1.82, 2.24) is 14.5 Å². The minimum Gasteiger partial charge on any atom is -0.465 e. The number of fused-ring (bicyclic) bond motifs is 4. The maximum atomic E-state index is 13.4. The van der Waals surface area contributed by atoms with Crippen molar-refractivity contribution in [1.29, 1.82) is 0 Å². The molecule has 2 aliphatic rings.